The Bertz CT molecular complexity index is 1060. The van der Waals surface area contributed by atoms with E-state index < -0.39 is 11.6 Å². The second kappa shape index (κ2) is 13.2. The predicted octanol–water partition coefficient (Wildman–Crippen LogP) is 5.08. The van der Waals surface area contributed by atoms with Crippen LogP contribution in [-0.2, 0) is 0 Å². The van der Waals surface area contributed by atoms with E-state index in [9.17, 15) is 8.78 Å². The van der Waals surface area contributed by atoms with E-state index in [0.29, 0.717) is 18.5 Å². The van der Waals surface area contributed by atoms with Crippen LogP contribution in [0.2, 0.25) is 5.15 Å². The fourth-order valence-electron chi connectivity index (χ4n) is 1.77. The molecule has 0 aromatic carbocycles. The zero-order valence-electron chi connectivity index (χ0n) is 15.1. The van der Waals surface area contributed by atoms with Gasteiger partial charge in [-0.15, -0.1) is 0 Å². The van der Waals surface area contributed by atoms with Crippen molar-refractivity contribution in [1.82, 2.24) is 19.7 Å². The molecule has 3 aromatic heterocycles. The molecule has 1 unspecified atom stereocenters. The van der Waals surface area contributed by atoms with Gasteiger partial charge in [-0.1, -0.05) is 23.2 Å². The van der Waals surface area contributed by atoms with Crippen LogP contribution in [-0.4, -0.2) is 38.0 Å². The van der Waals surface area contributed by atoms with Gasteiger partial charge in [0.25, 0.3) is 0 Å². The summed E-state index contributed by atoms with van der Waals surface area (Å²) in [6, 6.07) is 2.45. The SMILES string of the molecule is ClC1N=NC=C1I.Fc1cncc(-n2cc(I)c(Cl)n2)c1.O[B]Oc1cncc(F)c1. The first kappa shape index (κ1) is 25.8. The zero-order chi connectivity index (χ0) is 22.8. The summed E-state index contributed by atoms with van der Waals surface area (Å²) in [7, 11) is 0.469. The summed E-state index contributed by atoms with van der Waals surface area (Å²) in [5.41, 5.74) is 0.343. The Balaban J connectivity index is 0.000000176. The average molecular weight is 692 g/mol. The maximum absolute atomic E-state index is 12.8. The van der Waals surface area contributed by atoms with Crippen LogP contribution in [0.1, 0.15) is 0 Å². The van der Waals surface area contributed by atoms with Crippen LogP contribution in [0.4, 0.5) is 8.78 Å². The lowest BCUT2D eigenvalue weighted by atomic mass is 10.4. The molecule has 1 radical (unpaired) electrons. The van der Waals surface area contributed by atoms with Crippen molar-refractivity contribution in [2.24, 2.45) is 10.2 Å². The van der Waals surface area contributed by atoms with Gasteiger partial charge >= 0.3 is 7.69 Å². The van der Waals surface area contributed by atoms with Crippen molar-refractivity contribution < 1.29 is 18.5 Å². The number of alkyl halides is 1. The van der Waals surface area contributed by atoms with Crippen molar-refractivity contribution in [2.45, 2.75) is 5.50 Å². The number of pyridine rings is 2. The largest absolute Gasteiger partial charge is 0.569 e. The second-order valence-corrected chi connectivity index (χ2v) is 8.40. The van der Waals surface area contributed by atoms with Crippen molar-refractivity contribution in [3.05, 3.63) is 73.3 Å². The van der Waals surface area contributed by atoms with E-state index in [-0.39, 0.29) is 11.3 Å². The van der Waals surface area contributed by atoms with E-state index in [1.807, 2.05) is 0 Å². The van der Waals surface area contributed by atoms with E-state index in [4.69, 9.17) is 28.2 Å². The number of nitrogens with zero attached hydrogens (tertiary/aromatic N) is 6. The highest BCUT2D eigenvalue weighted by Crippen LogP contribution is 2.23. The van der Waals surface area contributed by atoms with E-state index in [1.165, 1.54) is 23.1 Å². The predicted molar refractivity (Wildman–Crippen MR) is 128 cm³/mol. The third-order valence-electron chi connectivity index (χ3n) is 3.03. The molecule has 15 heteroatoms. The minimum atomic E-state index is -0.501. The quantitative estimate of drug-likeness (QED) is 0.179. The highest BCUT2D eigenvalue weighted by Gasteiger charge is 2.09. The van der Waals surface area contributed by atoms with Gasteiger partial charge < -0.3 is 9.68 Å². The molecule has 0 spiro atoms. The highest BCUT2D eigenvalue weighted by atomic mass is 127. The number of hydrogen-bond acceptors (Lipinski definition) is 7. The van der Waals surface area contributed by atoms with Gasteiger partial charge in [0.15, 0.2) is 10.7 Å². The van der Waals surface area contributed by atoms with Crippen molar-refractivity contribution in [3.8, 4) is 11.4 Å². The summed E-state index contributed by atoms with van der Waals surface area (Å²) < 4.78 is 32.8. The molecule has 1 atom stereocenters. The number of halogens is 6. The topological polar surface area (TPSA) is 97.8 Å². The summed E-state index contributed by atoms with van der Waals surface area (Å²) >= 11 is 15.4. The Kier molecular flexibility index (Phi) is 11.0. The Morgan fingerprint density at radius 3 is 2.23 bits per heavy atom. The number of aromatic nitrogens is 4. The Morgan fingerprint density at radius 1 is 1.10 bits per heavy atom. The van der Waals surface area contributed by atoms with Gasteiger partial charge in [-0.25, -0.2) is 13.5 Å². The van der Waals surface area contributed by atoms with Gasteiger partial charge in [0.2, 0.25) is 0 Å². The molecule has 4 heterocycles. The Morgan fingerprint density at radius 2 is 1.77 bits per heavy atom. The van der Waals surface area contributed by atoms with Crippen molar-refractivity contribution in [1.29, 1.82) is 0 Å². The number of azo groups is 1. The van der Waals surface area contributed by atoms with Crippen LogP contribution in [0, 0.1) is 15.2 Å². The molecule has 1 aliphatic rings. The smallest absolute Gasteiger partial charge is 0.536 e. The monoisotopic (exact) mass is 691 g/mol. The molecule has 3 aromatic rings. The fraction of sp³-hybridized carbons (Fsp3) is 0.0625. The summed E-state index contributed by atoms with van der Waals surface area (Å²) in [5, 5.41) is 19.7. The normalized spacial score (nSPS) is 14.0. The van der Waals surface area contributed by atoms with Gasteiger partial charge in [0.05, 0.1) is 43.8 Å². The van der Waals surface area contributed by atoms with Crippen molar-refractivity contribution in [2.75, 3.05) is 0 Å². The van der Waals surface area contributed by atoms with Gasteiger partial charge in [-0.05, 0) is 45.2 Å². The Hall–Kier alpha value is -1.43. The molecule has 0 saturated carbocycles. The summed E-state index contributed by atoms with van der Waals surface area (Å²) in [6.07, 6.45) is 8.35. The molecular weight excluding hydrogens is 682 g/mol. The molecule has 0 aliphatic carbocycles. The van der Waals surface area contributed by atoms with Crippen LogP contribution >= 0.6 is 68.4 Å². The van der Waals surface area contributed by atoms with Crippen LogP contribution in [0.5, 0.6) is 5.75 Å². The number of hydrogen-bond donors (Lipinski definition) is 1. The molecule has 0 fully saturated rings. The highest BCUT2D eigenvalue weighted by molar-refractivity contribution is 14.1. The fourth-order valence-corrected chi connectivity index (χ4v) is 2.63. The molecule has 4 rings (SSSR count). The second-order valence-electron chi connectivity index (χ2n) is 5.22. The first-order chi connectivity index (χ1) is 14.8. The molecule has 0 bridgehead atoms. The van der Waals surface area contributed by atoms with Crippen molar-refractivity contribution >= 4 is 76.1 Å². The van der Waals surface area contributed by atoms with Crippen molar-refractivity contribution in [3.63, 3.8) is 0 Å². The standard InChI is InChI=1S/C8H4ClFIN3.C5H4BFNO2.C3H2ClIN2/c9-8-7(11)4-14(13-8)6-1-5(10)2-12-3-6;7-4-1-5(10-6-9)3-8-2-4;4-3-2(5)1-6-7-3/h1-4H;1-3,9H;1,3H. The zero-order valence-corrected chi connectivity index (χ0v) is 20.9. The molecule has 161 valence electrons. The minimum absolute atomic E-state index is 0.169. The average Bonchev–Trinajstić information content (AvgIpc) is 3.27. The summed E-state index contributed by atoms with van der Waals surface area (Å²) in [4.78, 5) is 7.19. The maximum Gasteiger partial charge on any atom is 0.569 e. The van der Waals surface area contributed by atoms with Gasteiger partial charge in [0, 0.05) is 18.3 Å². The molecule has 0 saturated heterocycles. The molecule has 31 heavy (non-hydrogen) atoms. The van der Waals surface area contributed by atoms with Crippen LogP contribution in [0.25, 0.3) is 5.69 Å². The third kappa shape index (κ3) is 8.92. The van der Waals surface area contributed by atoms with Crippen LogP contribution in [0.15, 0.2) is 63.1 Å². The molecule has 1 aliphatic heterocycles. The van der Waals surface area contributed by atoms with Crippen LogP contribution < -0.4 is 4.65 Å². The molecule has 0 amide bonds. The molecule has 1 N–H and O–H groups in total. The van der Waals surface area contributed by atoms with Gasteiger partial charge in [0.1, 0.15) is 17.4 Å². The lowest BCUT2D eigenvalue weighted by Gasteiger charge is -1.98. The summed E-state index contributed by atoms with van der Waals surface area (Å²) in [5.74, 6) is -0.731. The maximum atomic E-state index is 12.8. The lowest BCUT2D eigenvalue weighted by molar-refractivity contribution is 0.449. The first-order valence-corrected chi connectivity index (χ1v) is 10.9. The van der Waals surface area contributed by atoms with E-state index in [2.05, 4.69) is 75.1 Å². The molecular formula is C16H10BCl2F2I2N6O2. The lowest BCUT2D eigenvalue weighted by Crippen LogP contribution is -2.00. The van der Waals surface area contributed by atoms with Gasteiger partial charge in [-0.2, -0.15) is 15.3 Å². The Labute approximate surface area is 213 Å². The molecule has 8 nitrogen and oxygen atoms in total. The third-order valence-corrected chi connectivity index (χ3v) is 5.97. The van der Waals surface area contributed by atoms with E-state index in [1.54, 1.807) is 12.4 Å². The minimum Gasteiger partial charge on any atom is -0.536 e. The summed E-state index contributed by atoms with van der Waals surface area (Å²) in [6.45, 7) is 0. The first-order valence-electron chi connectivity index (χ1n) is 7.94. The van der Waals surface area contributed by atoms with E-state index >= 15 is 0 Å². The van der Waals surface area contributed by atoms with Crippen LogP contribution in [0.3, 0.4) is 0 Å². The number of rotatable bonds is 3. The van der Waals surface area contributed by atoms with E-state index in [0.717, 1.165) is 25.6 Å². The van der Waals surface area contributed by atoms with Gasteiger partial charge in [-0.3, -0.25) is 9.97 Å².